The first kappa shape index (κ1) is 33.2. The Morgan fingerprint density at radius 2 is 1.04 bits per heavy atom. The monoisotopic (exact) mass is 728 g/mol. The van der Waals surface area contributed by atoms with Crippen LogP contribution in [0.1, 0.15) is 29.5 Å². The van der Waals surface area contributed by atoms with E-state index in [0.717, 1.165) is 29.9 Å². The minimum atomic E-state index is -0.477. The van der Waals surface area contributed by atoms with Gasteiger partial charge < -0.3 is 9.47 Å². The number of rotatable bonds is 7. The van der Waals surface area contributed by atoms with Crippen LogP contribution >= 0.6 is 0 Å². The van der Waals surface area contributed by atoms with Gasteiger partial charge in [0.15, 0.2) is 0 Å². The van der Waals surface area contributed by atoms with Crippen molar-refractivity contribution in [1.29, 1.82) is 0 Å². The fraction of sp³-hybridized carbons (Fsp3) is 0.0545. The van der Waals surface area contributed by atoms with Crippen molar-refractivity contribution in [3.63, 3.8) is 0 Å². The highest BCUT2D eigenvalue weighted by atomic mass is 15.1. The second-order valence-corrected chi connectivity index (χ2v) is 15.2. The minimum Gasteiger partial charge on any atom is -0.310 e. The summed E-state index contributed by atoms with van der Waals surface area (Å²) in [7, 11) is 0. The van der Waals surface area contributed by atoms with Crippen molar-refractivity contribution in [3.8, 4) is 27.9 Å². The van der Waals surface area contributed by atoms with Crippen molar-refractivity contribution in [3.05, 3.63) is 241 Å². The molecule has 0 saturated heterocycles. The summed E-state index contributed by atoms with van der Waals surface area (Å²) in [4.78, 5) is 2.39. The average Bonchev–Trinajstić information content (AvgIpc) is 3.78. The molecule has 0 N–H and O–H groups in total. The van der Waals surface area contributed by atoms with E-state index in [1.54, 1.807) is 0 Å². The molecule has 2 aliphatic carbocycles. The summed E-state index contributed by atoms with van der Waals surface area (Å²) in [5, 5.41) is 2.52. The largest absolute Gasteiger partial charge is 0.310 e. The Morgan fingerprint density at radius 3 is 1.74 bits per heavy atom. The number of hydrogen-bond acceptors (Lipinski definition) is 1. The Balaban J connectivity index is 1.15. The average molecular weight is 729 g/mol. The third-order valence-electron chi connectivity index (χ3n) is 12.1. The fourth-order valence-electron chi connectivity index (χ4n) is 9.69. The molecule has 1 unspecified atom stereocenters. The lowest BCUT2D eigenvalue weighted by Gasteiger charge is -2.37. The molecule has 0 aliphatic heterocycles. The van der Waals surface area contributed by atoms with Gasteiger partial charge in [-0.2, -0.15) is 0 Å². The summed E-state index contributed by atoms with van der Waals surface area (Å²) in [5.41, 5.74) is 17.0. The second-order valence-electron chi connectivity index (χ2n) is 15.2. The SMILES string of the molecule is C1=CCCC(C2(c3ccccc3)c3cc(-c4ccc5c(c4)c4ccccc4n5-c4ccccc4)ccc3-c3ccc(N(c4ccccc4)c4ccccc4)cc32)=C1. The maximum absolute atomic E-state index is 2.50. The van der Waals surface area contributed by atoms with Crippen molar-refractivity contribution in [2.75, 3.05) is 4.90 Å². The van der Waals surface area contributed by atoms with Crippen LogP contribution < -0.4 is 4.90 Å². The van der Waals surface area contributed by atoms with Gasteiger partial charge >= 0.3 is 0 Å². The first-order chi connectivity index (χ1) is 28.3. The van der Waals surface area contributed by atoms with E-state index in [2.05, 4.69) is 228 Å². The molecule has 0 fully saturated rings. The molecule has 0 radical (unpaired) electrons. The van der Waals surface area contributed by atoms with E-state index >= 15 is 0 Å². The Labute approximate surface area is 333 Å². The fourth-order valence-corrected chi connectivity index (χ4v) is 9.69. The smallest absolute Gasteiger partial charge is 0.0677 e. The van der Waals surface area contributed by atoms with Gasteiger partial charge in [-0.15, -0.1) is 0 Å². The summed E-state index contributed by atoms with van der Waals surface area (Å²) in [6.45, 7) is 0. The van der Waals surface area contributed by atoms with Gasteiger partial charge in [-0.05, 0) is 125 Å². The summed E-state index contributed by atoms with van der Waals surface area (Å²) >= 11 is 0. The number of nitrogens with zero attached hydrogens (tertiary/aromatic N) is 2. The standard InChI is InChI=1S/C55H40N2/c1-6-18-41(19-7-1)55(42-20-8-2-9-21-42)51-37-40(39-31-35-54-50(36-39)49-28-16-17-29-53(49)57(54)45-26-14-5-15-27-45)30-33-47(51)48-34-32-46(38-52(48)55)56(43-22-10-3-11-23-43)44-24-12-4-13-25-44/h1-8,10-20,22-38H,9,21H2. The van der Waals surface area contributed by atoms with Crippen LogP contribution in [-0.4, -0.2) is 4.57 Å². The number of para-hydroxylation sites is 4. The summed E-state index contributed by atoms with van der Waals surface area (Å²) in [6.07, 6.45) is 8.98. The maximum Gasteiger partial charge on any atom is 0.0677 e. The molecular weight excluding hydrogens is 689 g/mol. The van der Waals surface area contributed by atoms with Crippen LogP contribution in [0.25, 0.3) is 49.7 Å². The third kappa shape index (κ3) is 5.25. The number of benzene rings is 8. The molecule has 0 spiro atoms. The molecule has 57 heavy (non-hydrogen) atoms. The number of aromatic nitrogens is 1. The van der Waals surface area contributed by atoms with Crippen molar-refractivity contribution >= 4 is 38.9 Å². The maximum atomic E-state index is 2.50. The molecule has 2 nitrogen and oxygen atoms in total. The highest BCUT2D eigenvalue weighted by Gasteiger charge is 2.47. The second kappa shape index (κ2) is 13.5. The van der Waals surface area contributed by atoms with E-state index in [9.17, 15) is 0 Å². The summed E-state index contributed by atoms with van der Waals surface area (Å²) < 4.78 is 2.39. The lowest BCUT2D eigenvalue weighted by Crippen LogP contribution is -2.30. The van der Waals surface area contributed by atoms with Crippen LogP contribution in [0, 0.1) is 0 Å². The molecule has 1 atom stereocenters. The normalized spacial score (nSPS) is 15.7. The molecule has 0 amide bonds. The van der Waals surface area contributed by atoms with Gasteiger partial charge in [-0.3, -0.25) is 0 Å². The zero-order chi connectivity index (χ0) is 37.8. The van der Waals surface area contributed by atoms with E-state index < -0.39 is 5.41 Å². The molecule has 11 rings (SSSR count). The Morgan fingerprint density at radius 1 is 0.456 bits per heavy atom. The lowest BCUT2D eigenvalue weighted by atomic mass is 9.65. The van der Waals surface area contributed by atoms with E-state index in [4.69, 9.17) is 0 Å². The minimum absolute atomic E-state index is 0.477. The Hall–Kier alpha value is -7.16. The summed E-state index contributed by atoms with van der Waals surface area (Å²) in [5.74, 6) is 0. The number of anilines is 3. The molecule has 2 aliphatic rings. The van der Waals surface area contributed by atoms with E-state index in [-0.39, 0.29) is 0 Å². The van der Waals surface area contributed by atoms with Crippen LogP contribution in [0.15, 0.2) is 224 Å². The molecular formula is C55H40N2. The zero-order valence-corrected chi connectivity index (χ0v) is 31.6. The topological polar surface area (TPSA) is 8.17 Å². The molecule has 0 bridgehead atoms. The van der Waals surface area contributed by atoms with Crippen molar-refractivity contribution in [1.82, 2.24) is 4.57 Å². The predicted molar refractivity (Wildman–Crippen MR) is 239 cm³/mol. The molecule has 270 valence electrons. The lowest BCUT2D eigenvalue weighted by molar-refractivity contribution is 0.693. The van der Waals surface area contributed by atoms with Gasteiger partial charge in [-0.25, -0.2) is 0 Å². The van der Waals surface area contributed by atoms with Gasteiger partial charge in [0, 0.05) is 33.5 Å². The highest BCUT2D eigenvalue weighted by Crippen LogP contribution is 2.59. The highest BCUT2D eigenvalue weighted by molar-refractivity contribution is 6.10. The van der Waals surface area contributed by atoms with Crippen molar-refractivity contribution < 1.29 is 0 Å². The number of allylic oxidation sites excluding steroid dienone is 4. The van der Waals surface area contributed by atoms with Crippen LogP contribution in [0.3, 0.4) is 0 Å². The third-order valence-corrected chi connectivity index (χ3v) is 12.1. The van der Waals surface area contributed by atoms with Gasteiger partial charge in [0.2, 0.25) is 0 Å². The van der Waals surface area contributed by atoms with Crippen molar-refractivity contribution in [2.24, 2.45) is 0 Å². The van der Waals surface area contributed by atoms with E-state index in [1.165, 1.54) is 72.0 Å². The van der Waals surface area contributed by atoms with Crippen LogP contribution in [0.4, 0.5) is 17.1 Å². The molecule has 2 heteroatoms. The quantitative estimate of drug-likeness (QED) is 0.159. The Kier molecular flexibility index (Phi) is 7.89. The first-order valence-corrected chi connectivity index (χ1v) is 20.0. The molecule has 9 aromatic rings. The first-order valence-electron chi connectivity index (χ1n) is 20.0. The van der Waals surface area contributed by atoms with Gasteiger partial charge in [0.05, 0.1) is 16.4 Å². The molecule has 0 saturated carbocycles. The molecule has 8 aromatic carbocycles. The van der Waals surface area contributed by atoms with E-state index in [1.807, 2.05) is 0 Å². The predicted octanol–water partition coefficient (Wildman–Crippen LogP) is 14.5. The van der Waals surface area contributed by atoms with E-state index in [0.29, 0.717) is 0 Å². The summed E-state index contributed by atoms with van der Waals surface area (Å²) in [6, 6.07) is 73.6. The molecule has 1 heterocycles. The number of hydrogen-bond donors (Lipinski definition) is 0. The van der Waals surface area contributed by atoms with Crippen LogP contribution in [-0.2, 0) is 5.41 Å². The van der Waals surface area contributed by atoms with Crippen LogP contribution in [0.2, 0.25) is 0 Å². The van der Waals surface area contributed by atoms with Gasteiger partial charge in [0.1, 0.15) is 0 Å². The number of fused-ring (bicyclic) bond motifs is 6. The molecule has 1 aromatic heterocycles. The zero-order valence-electron chi connectivity index (χ0n) is 31.6. The van der Waals surface area contributed by atoms with Crippen LogP contribution in [0.5, 0.6) is 0 Å². The van der Waals surface area contributed by atoms with Gasteiger partial charge in [0.25, 0.3) is 0 Å². The van der Waals surface area contributed by atoms with Gasteiger partial charge in [-0.1, -0.05) is 151 Å². The van der Waals surface area contributed by atoms with Crippen molar-refractivity contribution in [2.45, 2.75) is 18.3 Å². The Bertz CT molecular complexity index is 2950.